The SMILES string of the molecule is Cn1nccc1CCC1(CO)CCCc2ccccc21. The van der Waals surface area contributed by atoms with Gasteiger partial charge in [0.1, 0.15) is 0 Å². The van der Waals surface area contributed by atoms with Crippen LogP contribution in [0, 0.1) is 0 Å². The van der Waals surface area contributed by atoms with Gasteiger partial charge < -0.3 is 5.11 Å². The molecule has 3 rings (SSSR count). The van der Waals surface area contributed by atoms with Gasteiger partial charge in [-0.15, -0.1) is 0 Å². The number of aliphatic hydroxyl groups excluding tert-OH is 1. The first-order valence-corrected chi connectivity index (χ1v) is 7.41. The van der Waals surface area contributed by atoms with E-state index in [0.717, 1.165) is 25.7 Å². The Morgan fingerprint density at radius 2 is 2.15 bits per heavy atom. The van der Waals surface area contributed by atoms with Crippen molar-refractivity contribution in [3.8, 4) is 0 Å². The van der Waals surface area contributed by atoms with E-state index in [2.05, 4.69) is 35.4 Å². The Morgan fingerprint density at radius 1 is 1.30 bits per heavy atom. The Kier molecular flexibility index (Phi) is 3.62. The van der Waals surface area contributed by atoms with E-state index in [9.17, 15) is 5.11 Å². The molecule has 0 saturated carbocycles. The van der Waals surface area contributed by atoms with Crippen molar-refractivity contribution in [2.45, 2.75) is 37.5 Å². The summed E-state index contributed by atoms with van der Waals surface area (Å²) < 4.78 is 1.93. The van der Waals surface area contributed by atoms with Crippen molar-refractivity contribution in [3.63, 3.8) is 0 Å². The highest BCUT2D eigenvalue weighted by Gasteiger charge is 2.35. The number of aromatic nitrogens is 2. The van der Waals surface area contributed by atoms with E-state index in [4.69, 9.17) is 0 Å². The van der Waals surface area contributed by atoms with Gasteiger partial charge in [-0.25, -0.2) is 0 Å². The van der Waals surface area contributed by atoms with Crippen molar-refractivity contribution in [1.29, 1.82) is 0 Å². The van der Waals surface area contributed by atoms with Gasteiger partial charge in [-0.2, -0.15) is 5.10 Å². The zero-order chi connectivity index (χ0) is 14.0. The van der Waals surface area contributed by atoms with Crippen LogP contribution in [-0.4, -0.2) is 21.5 Å². The number of aliphatic hydroxyl groups is 1. The van der Waals surface area contributed by atoms with Gasteiger partial charge in [0.15, 0.2) is 0 Å². The van der Waals surface area contributed by atoms with Gasteiger partial charge in [-0.3, -0.25) is 4.68 Å². The number of hydrogen-bond donors (Lipinski definition) is 1. The number of nitrogens with zero attached hydrogens (tertiary/aromatic N) is 2. The lowest BCUT2D eigenvalue weighted by molar-refractivity contribution is 0.164. The highest BCUT2D eigenvalue weighted by atomic mass is 16.3. The van der Waals surface area contributed by atoms with Gasteiger partial charge in [0.25, 0.3) is 0 Å². The van der Waals surface area contributed by atoms with Crippen LogP contribution >= 0.6 is 0 Å². The normalized spacial score (nSPS) is 21.7. The molecule has 1 N–H and O–H groups in total. The second-order valence-electron chi connectivity index (χ2n) is 5.90. The monoisotopic (exact) mass is 270 g/mol. The van der Waals surface area contributed by atoms with Crippen molar-refractivity contribution in [3.05, 3.63) is 53.3 Å². The molecule has 1 aliphatic carbocycles. The van der Waals surface area contributed by atoms with Crippen LogP contribution in [0.3, 0.4) is 0 Å². The molecule has 0 radical (unpaired) electrons. The standard InChI is InChI=1S/C17H22N2O/c1-19-15(9-12-18-19)8-11-17(13-20)10-4-6-14-5-2-3-7-16(14)17/h2-3,5,7,9,12,20H,4,6,8,10-11,13H2,1H3. The van der Waals surface area contributed by atoms with Crippen LogP contribution < -0.4 is 0 Å². The molecule has 106 valence electrons. The van der Waals surface area contributed by atoms with E-state index in [-0.39, 0.29) is 12.0 Å². The number of hydrogen-bond acceptors (Lipinski definition) is 2. The summed E-state index contributed by atoms with van der Waals surface area (Å²) >= 11 is 0. The van der Waals surface area contributed by atoms with E-state index >= 15 is 0 Å². The molecule has 20 heavy (non-hydrogen) atoms. The molecule has 2 aromatic rings. The minimum absolute atomic E-state index is 0.0703. The van der Waals surface area contributed by atoms with Gasteiger partial charge in [-0.05, 0) is 49.3 Å². The second-order valence-corrected chi connectivity index (χ2v) is 5.90. The summed E-state index contributed by atoms with van der Waals surface area (Å²) in [6.45, 7) is 0.238. The fourth-order valence-electron chi connectivity index (χ4n) is 3.52. The van der Waals surface area contributed by atoms with Crippen LogP contribution in [0.5, 0.6) is 0 Å². The van der Waals surface area contributed by atoms with Crippen molar-refractivity contribution < 1.29 is 5.11 Å². The smallest absolute Gasteiger partial charge is 0.0528 e. The van der Waals surface area contributed by atoms with Gasteiger partial charge in [0, 0.05) is 24.4 Å². The maximum Gasteiger partial charge on any atom is 0.0528 e. The molecule has 0 fully saturated rings. The van der Waals surface area contributed by atoms with Gasteiger partial charge in [0.2, 0.25) is 0 Å². The average Bonchev–Trinajstić information content (AvgIpc) is 2.90. The Balaban J connectivity index is 1.87. The van der Waals surface area contributed by atoms with Gasteiger partial charge >= 0.3 is 0 Å². The van der Waals surface area contributed by atoms with Crippen LogP contribution in [-0.2, 0) is 25.3 Å². The summed E-state index contributed by atoms with van der Waals surface area (Å²) in [6.07, 6.45) is 7.19. The lowest BCUT2D eigenvalue weighted by Gasteiger charge is -2.38. The summed E-state index contributed by atoms with van der Waals surface area (Å²) in [5, 5.41) is 14.3. The maximum absolute atomic E-state index is 10.1. The fraction of sp³-hybridized carbons (Fsp3) is 0.471. The number of benzene rings is 1. The molecule has 1 heterocycles. The second kappa shape index (κ2) is 5.41. The predicted octanol–water partition coefficient (Wildman–Crippen LogP) is 2.62. The first kappa shape index (κ1) is 13.4. The van der Waals surface area contributed by atoms with Gasteiger partial charge in [0.05, 0.1) is 6.61 Å². The topological polar surface area (TPSA) is 38.0 Å². The molecule has 3 nitrogen and oxygen atoms in total. The Hall–Kier alpha value is -1.61. The van der Waals surface area contributed by atoms with Crippen molar-refractivity contribution in [1.82, 2.24) is 9.78 Å². The zero-order valence-electron chi connectivity index (χ0n) is 12.0. The number of aryl methyl sites for hydroxylation is 3. The average molecular weight is 270 g/mol. The maximum atomic E-state index is 10.1. The molecular formula is C17H22N2O. The Morgan fingerprint density at radius 3 is 2.90 bits per heavy atom. The minimum atomic E-state index is -0.0703. The predicted molar refractivity (Wildman–Crippen MR) is 79.7 cm³/mol. The molecule has 1 aromatic heterocycles. The molecule has 0 amide bonds. The zero-order valence-corrected chi connectivity index (χ0v) is 12.0. The van der Waals surface area contributed by atoms with Crippen LogP contribution in [0.4, 0.5) is 0 Å². The highest BCUT2D eigenvalue weighted by Crippen LogP contribution is 2.40. The Bertz CT molecular complexity index is 590. The minimum Gasteiger partial charge on any atom is -0.395 e. The molecule has 1 atom stereocenters. The molecule has 0 aliphatic heterocycles. The quantitative estimate of drug-likeness (QED) is 0.927. The molecule has 0 spiro atoms. The molecule has 0 bridgehead atoms. The van der Waals surface area contributed by atoms with Crippen LogP contribution in [0.25, 0.3) is 0 Å². The first-order valence-electron chi connectivity index (χ1n) is 7.41. The summed E-state index contributed by atoms with van der Waals surface area (Å²) in [5.41, 5.74) is 3.94. The van der Waals surface area contributed by atoms with E-state index in [1.54, 1.807) is 0 Å². The fourth-order valence-corrected chi connectivity index (χ4v) is 3.52. The van der Waals surface area contributed by atoms with Gasteiger partial charge in [-0.1, -0.05) is 24.3 Å². The van der Waals surface area contributed by atoms with Crippen LogP contribution in [0.15, 0.2) is 36.5 Å². The first-order chi connectivity index (χ1) is 9.75. The molecule has 1 aromatic carbocycles. The summed E-state index contributed by atoms with van der Waals surface area (Å²) in [7, 11) is 1.98. The van der Waals surface area contributed by atoms with E-state index < -0.39 is 0 Å². The summed E-state index contributed by atoms with van der Waals surface area (Å²) in [5.74, 6) is 0. The molecule has 1 unspecified atom stereocenters. The molecular weight excluding hydrogens is 248 g/mol. The lowest BCUT2D eigenvalue weighted by Crippen LogP contribution is -2.35. The van der Waals surface area contributed by atoms with Crippen molar-refractivity contribution in [2.75, 3.05) is 6.61 Å². The van der Waals surface area contributed by atoms with Crippen LogP contribution in [0.2, 0.25) is 0 Å². The van der Waals surface area contributed by atoms with Crippen molar-refractivity contribution >= 4 is 0 Å². The van der Waals surface area contributed by atoms with E-state index in [1.807, 2.05) is 17.9 Å². The van der Waals surface area contributed by atoms with E-state index in [1.165, 1.54) is 23.2 Å². The largest absolute Gasteiger partial charge is 0.395 e. The number of fused-ring (bicyclic) bond motifs is 1. The van der Waals surface area contributed by atoms with E-state index in [0.29, 0.717) is 0 Å². The molecule has 0 saturated heterocycles. The molecule has 3 heteroatoms. The summed E-state index contributed by atoms with van der Waals surface area (Å²) in [6, 6.07) is 10.7. The third-order valence-corrected chi connectivity index (χ3v) is 4.77. The van der Waals surface area contributed by atoms with Crippen LogP contribution in [0.1, 0.15) is 36.1 Å². The number of rotatable bonds is 4. The Labute approximate surface area is 120 Å². The third-order valence-electron chi connectivity index (χ3n) is 4.77. The lowest BCUT2D eigenvalue weighted by atomic mass is 9.68. The summed E-state index contributed by atoms with van der Waals surface area (Å²) in [4.78, 5) is 0. The highest BCUT2D eigenvalue weighted by molar-refractivity contribution is 5.37. The van der Waals surface area contributed by atoms with Crippen molar-refractivity contribution in [2.24, 2.45) is 7.05 Å². The third kappa shape index (κ3) is 2.27. The molecule has 1 aliphatic rings.